The number of fused-ring (bicyclic) bond motifs is 1. The van der Waals surface area contributed by atoms with Gasteiger partial charge in [0.15, 0.2) is 0 Å². The third-order valence-electron chi connectivity index (χ3n) is 3.39. The highest BCUT2D eigenvalue weighted by Gasteiger charge is 2.32. The normalized spacial score (nSPS) is 11.6. The Bertz CT molecular complexity index is 838. The first kappa shape index (κ1) is 15.1. The molecular formula is C16H12F3N3O. The van der Waals surface area contributed by atoms with Crippen molar-refractivity contribution in [2.45, 2.75) is 12.7 Å². The molecule has 23 heavy (non-hydrogen) atoms. The van der Waals surface area contributed by atoms with Crippen LogP contribution in [0.2, 0.25) is 0 Å². The molecule has 0 aliphatic carbocycles. The highest BCUT2D eigenvalue weighted by molar-refractivity contribution is 5.93. The van der Waals surface area contributed by atoms with Crippen molar-refractivity contribution in [1.29, 1.82) is 0 Å². The first-order valence-corrected chi connectivity index (χ1v) is 6.81. The van der Waals surface area contributed by atoms with Crippen molar-refractivity contribution in [3.8, 4) is 0 Å². The Hall–Kier alpha value is -2.83. The Labute approximate surface area is 129 Å². The zero-order chi connectivity index (χ0) is 16.4. The standard InChI is InChI=1S/C16H12F3N3O/c17-16(18,19)14-4-3-12(9-21-14)15(23)22-8-10-1-2-11-5-6-20-13(11)7-10/h1-7,9,20H,8H2,(H,22,23). The third-order valence-corrected chi connectivity index (χ3v) is 3.39. The topological polar surface area (TPSA) is 57.8 Å². The molecule has 0 aliphatic heterocycles. The van der Waals surface area contributed by atoms with Crippen LogP contribution >= 0.6 is 0 Å². The van der Waals surface area contributed by atoms with E-state index < -0.39 is 17.8 Å². The first-order valence-electron chi connectivity index (χ1n) is 6.81. The van der Waals surface area contributed by atoms with Crippen LogP contribution < -0.4 is 5.32 Å². The lowest BCUT2D eigenvalue weighted by molar-refractivity contribution is -0.141. The van der Waals surface area contributed by atoms with E-state index in [2.05, 4.69) is 15.3 Å². The number of aromatic amines is 1. The molecule has 0 fully saturated rings. The largest absolute Gasteiger partial charge is 0.433 e. The molecular weight excluding hydrogens is 307 g/mol. The lowest BCUT2D eigenvalue weighted by Gasteiger charge is -2.08. The lowest BCUT2D eigenvalue weighted by Crippen LogP contribution is -2.23. The van der Waals surface area contributed by atoms with Gasteiger partial charge in [-0.05, 0) is 35.2 Å². The van der Waals surface area contributed by atoms with E-state index in [-0.39, 0.29) is 12.1 Å². The van der Waals surface area contributed by atoms with Gasteiger partial charge in [0, 0.05) is 24.5 Å². The summed E-state index contributed by atoms with van der Waals surface area (Å²) in [6, 6.07) is 9.54. The molecule has 2 N–H and O–H groups in total. The molecule has 0 bridgehead atoms. The van der Waals surface area contributed by atoms with Crippen LogP contribution in [0.5, 0.6) is 0 Å². The maximum Gasteiger partial charge on any atom is 0.433 e. The van der Waals surface area contributed by atoms with Gasteiger partial charge in [-0.3, -0.25) is 9.78 Å². The van der Waals surface area contributed by atoms with E-state index in [1.54, 1.807) is 0 Å². The van der Waals surface area contributed by atoms with Crippen LogP contribution in [0.15, 0.2) is 48.8 Å². The van der Waals surface area contributed by atoms with E-state index in [0.29, 0.717) is 0 Å². The van der Waals surface area contributed by atoms with Gasteiger partial charge in [0.2, 0.25) is 0 Å². The number of alkyl halides is 3. The van der Waals surface area contributed by atoms with Gasteiger partial charge in [0.1, 0.15) is 5.69 Å². The molecule has 0 aliphatic rings. The van der Waals surface area contributed by atoms with Crippen LogP contribution in [0.4, 0.5) is 13.2 Å². The summed E-state index contributed by atoms with van der Waals surface area (Å²) < 4.78 is 37.3. The minimum absolute atomic E-state index is 0.0824. The molecule has 0 atom stereocenters. The van der Waals surface area contributed by atoms with Crippen LogP contribution in [0, 0.1) is 0 Å². The SMILES string of the molecule is O=C(NCc1ccc2cc[nH]c2c1)c1ccc(C(F)(F)F)nc1. The summed E-state index contributed by atoms with van der Waals surface area (Å²) in [4.78, 5) is 18.3. The summed E-state index contributed by atoms with van der Waals surface area (Å²) in [6.07, 6.45) is -1.77. The quantitative estimate of drug-likeness (QED) is 0.776. The second-order valence-corrected chi connectivity index (χ2v) is 5.01. The van der Waals surface area contributed by atoms with Gasteiger partial charge in [-0.15, -0.1) is 0 Å². The molecule has 1 amide bonds. The Kier molecular flexibility index (Phi) is 3.77. The number of benzene rings is 1. The van der Waals surface area contributed by atoms with Crippen molar-refractivity contribution in [3.63, 3.8) is 0 Å². The van der Waals surface area contributed by atoms with E-state index in [1.807, 2.05) is 30.5 Å². The summed E-state index contributed by atoms with van der Waals surface area (Å²) in [7, 11) is 0. The van der Waals surface area contributed by atoms with Crippen molar-refractivity contribution in [3.05, 3.63) is 65.6 Å². The van der Waals surface area contributed by atoms with Gasteiger partial charge in [-0.25, -0.2) is 0 Å². The van der Waals surface area contributed by atoms with Gasteiger partial charge in [-0.1, -0.05) is 12.1 Å². The number of rotatable bonds is 3. The Morgan fingerprint density at radius 1 is 1.17 bits per heavy atom. The number of halogens is 3. The number of nitrogens with zero attached hydrogens (tertiary/aromatic N) is 1. The van der Waals surface area contributed by atoms with Gasteiger partial charge in [0.25, 0.3) is 5.91 Å². The number of aromatic nitrogens is 2. The van der Waals surface area contributed by atoms with Crippen molar-refractivity contribution in [2.24, 2.45) is 0 Å². The van der Waals surface area contributed by atoms with E-state index in [0.717, 1.165) is 34.8 Å². The molecule has 1 aromatic carbocycles. The summed E-state index contributed by atoms with van der Waals surface area (Å²) in [5.41, 5.74) is 0.895. The molecule has 0 unspecified atom stereocenters. The summed E-state index contributed by atoms with van der Waals surface area (Å²) in [5, 5.41) is 3.72. The van der Waals surface area contributed by atoms with Crippen LogP contribution in [0.3, 0.4) is 0 Å². The number of carbonyl (C=O) groups excluding carboxylic acids is 1. The number of nitrogens with one attached hydrogen (secondary N) is 2. The Morgan fingerprint density at radius 2 is 2.00 bits per heavy atom. The number of amides is 1. The molecule has 0 radical (unpaired) electrons. The smallest absolute Gasteiger partial charge is 0.361 e. The van der Waals surface area contributed by atoms with E-state index >= 15 is 0 Å². The van der Waals surface area contributed by atoms with Crippen LogP contribution in [-0.2, 0) is 12.7 Å². The summed E-state index contributed by atoms with van der Waals surface area (Å²) >= 11 is 0. The number of hydrogen-bond donors (Lipinski definition) is 2. The zero-order valence-corrected chi connectivity index (χ0v) is 11.8. The predicted molar refractivity (Wildman–Crippen MR) is 78.7 cm³/mol. The maximum absolute atomic E-state index is 12.4. The molecule has 118 valence electrons. The number of H-pyrrole nitrogens is 1. The van der Waals surface area contributed by atoms with Crippen LogP contribution in [0.1, 0.15) is 21.6 Å². The van der Waals surface area contributed by atoms with Crippen molar-refractivity contribution >= 4 is 16.8 Å². The summed E-state index contributed by atoms with van der Waals surface area (Å²) in [5.74, 6) is -0.474. The maximum atomic E-state index is 12.4. The molecule has 4 nitrogen and oxygen atoms in total. The molecule has 0 saturated heterocycles. The third kappa shape index (κ3) is 3.33. The van der Waals surface area contributed by atoms with Gasteiger partial charge < -0.3 is 10.3 Å². The lowest BCUT2D eigenvalue weighted by atomic mass is 10.1. The highest BCUT2D eigenvalue weighted by Crippen LogP contribution is 2.27. The molecule has 3 aromatic rings. The summed E-state index contributed by atoms with van der Waals surface area (Å²) in [6.45, 7) is 0.273. The highest BCUT2D eigenvalue weighted by atomic mass is 19.4. The monoisotopic (exact) mass is 319 g/mol. The zero-order valence-electron chi connectivity index (χ0n) is 11.8. The average Bonchev–Trinajstić information content (AvgIpc) is 2.99. The molecule has 0 spiro atoms. The van der Waals surface area contributed by atoms with E-state index in [1.165, 1.54) is 0 Å². The molecule has 7 heteroatoms. The minimum Gasteiger partial charge on any atom is -0.361 e. The number of hydrogen-bond acceptors (Lipinski definition) is 2. The molecule has 2 heterocycles. The fourth-order valence-electron chi connectivity index (χ4n) is 2.19. The van der Waals surface area contributed by atoms with E-state index in [4.69, 9.17) is 0 Å². The van der Waals surface area contributed by atoms with Crippen molar-refractivity contribution in [1.82, 2.24) is 15.3 Å². The average molecular weight is 319 g/mol. The molecule has 0 saturated carbocycles. The predicted octanol–water partition coefficient (Wildman–Crippen LogP) is 3.51. The van der Waals surface area contributed by atoms with E-state index in [9.17, 15) is 18.0 Å². The van der Waals surface area contributed by atoms with Gasteiger partial charge >= 0.3 is 6.18 Å². The number of pyridine rings is 1. The van der Waals surface area contributed by atoms with Gasteiger partial charge in [0.05, 0.1) is 5.56 Å². The first-order chi connectivity index (χ1) is 10.9. The van der Waals surface area contributed by atoms with Crippen LogP contribution in [-0.4, -0.2) is 15.9 Å². The fourth-order valence-corrected chi connectivity index (χ4v) is 2.19. The van der Waals surface area contributed by atoms with Crippen LogP contribution in [0.25, 0.3) is 10.9 Å². The van der Waals surface area contributed by atoms with Crippen molar-refractivity contribution in [2.75, 3.05) is 0 Å². The minimum atomic E-state index is -4.51. The molecule has 3 rings (SSSR count). The second-order valence-electron chi connectivity index (χ2n) is 5.01. The Balaban J connectivity index is 1.66. The fraction of sp³-hybridized carbons (Fsp3) is 0.125. The number of carbonyl (C=O) groups is 1. The van der Waals surface area contributed by atoms with Gasteiger partial charge in [-0.2, -0.15) is 13.2 Å². The van der Waals surface area contributed by atoms with Crippen molar-refractivity contribution < 1.29 is 18.0 Å². The molecule has 2 aromatic heterocycles. The second kappa shape index (κ2) is 5.75. The Morgan fingerprint density at radius 3 is 2.70 bits per heavy atom.